The molecule has 6 heteroatoms. The Morgan fingerprint density at radius 1 is 1.31 bits per heavy atom. The van der Waals surface area contributed by atoms with E-state index in [4.69, 9.17) is 4.74 Å². The van der Waals surface area contributed by atoms with Crippen molar-refractivity contribution in [1.82, 2.24) is 19.6 Å². The molecule has 1 unspecified atom stereocenters. The van der Waals surface area contributed by atoms with Crippen molar-refractivity contribution in [3.63, 3.8) is 0 Å². The first kappa shape index (κ1) is 17.2. The van der Waals surface area contributed by atoms with Crippen LogP contribution in [0, 0.1) is 0 Å². The van der Waals surface area contributed by atoms with Gasteiger partial charge in [0.25, 0.3) is 0 Å². The number of likely N-dealkylation sites (tertiary alicyclic amines) is 1. The third kappa shape index (κ3) is 3.66. The molecule has 26 heavy (non-hydrogen) atoms. The number of hydrogen-bond acceptors (Lipinski definition) is 4. The molecule has 2 saturated heterocycles. The number of hydrogen-bond donors (Lipinski definition) is 0. The molecule has 4 rings (SSSR count). The molecule has 0 aliphatic carbocycles. The predicted octanol–water partition coefficient (Wildman–Crippen LogP) is 1.78. The molecule has 2 aliphatic heterocycles. The van der Waals surface area contributed by atoms with Crippen LogP contribution in [0.5, 0.6) is 0 Å². The minimum atomic E-state index is -0.128. The standard InChI is InChI=1S/C20H26N4O2/c1-22(13-17-6-3-2-4-7-17)18-12-20(26-14-18)15-23(16-20)19(25)8-11-24-10-5-9-21-24/h2-7,9-10,18H,8,11-16H2,1H3. The molecule has 0 radical (unpaired) electrons. The van der Waals surface area contributed by atoms with Crippen LogP contribution in [0.3, 0.4) is 0 Å². The lowest BCUT2D eigenvalue weighted by Crippen LogP contribution is -2.63. The Kier molecular flexibility index (Phi) is 4.78. The summed E-state index contributed by atoms with van der Waals surface area (Å²) in [6.45, 7) is 3.76. The van der Waals surface area contributed by atoms with Crippen molar-refractivity contribution in [3.8, 4) is 0 Å². The van der Waals surface area contributed by atoms with Crippen molar-refractivity contribution < 1.29 is 9.53 Å². The van der Waals surface area contributed by atoms with E-state index in [9.17, 15) is 4.79 Å². The fraction of sp³-hybridized carbons (Fsp3) is 0.500. The van der Waals surface area contributed by atoms with E-state index in [1.165, 1.54) is 5.56 Å². The van der Waals surface area contributed by atoms with E-state index < -0.39 is 0 Å². The predicted molar refractivity (Wildman–Crippen MR) is 98.4 cm³/mol. The van der Waals surface area contributed by atoms with Crippen molar-refractivity contribution in [3.05, 3.63) is 54.4 Å². The molecule has 2 aliphatic rings. The highest BCUT2D eigenvalue weighted by Gasteiger charge is 2.51. The van der Waals surface area contributed by atoms with E-state index in [0.717, 1.165) is 32.7 Å². The summed E-state index contributed by atoms with van der Waals surface area (Å²) in [5.41, 5.74) is 1.19. The number of aromatic nitrogens is 2. The lowest BCUT2D eigenvalue weighted by molar-refractivity contribution is -0.158. The van der Waals surface area contributed by atoms with Gasteiger partial charge in [-0.2, -0.15) is 5.10 Å². The number of amides is 1. The molecule has 1 amide bonds. The molecule has 1 aromatic carbocycles. The molecule has 2 aromatic rings. The summed E-state index contributed by atoms with van der Waals surface area (Å²) in [6, 6.07) is 12.8. The Bertz CT molecular complexity index is 726. The van der Waals surface area contributed by atoms with E-state index >= 15 is 0 Å². The van der Waals surface area contributed by atoms with Crippen LogP contribution in [0.15, 0.2) is 48.8 Å². The number of nitrogens with zero attached hydrogens (tertiary/aromatic N) is 4. The van der Waals surface area contributed by atoms with Gasteiger partial charge in [-0.15, -0.1) is 0 Å². The zero-order valence-corrected chi connectivity index (χ0v) is 15.3. The van der Waals surface area contributed by atoms with Gasteiger partial charge in [-0.25, -0.2) is 0 Å². The number of ether oxygens (including phenoxy) is 1. The molecule has 6 nitrogen and oxygen atoms in total. The number of carbonyl (C=O) groups excluding carboxylic acids is 1. The van der Waals surface area contributed by atoms with Gasteiger partial charge < -0.3 is 9.64 Å². The molecule has 0 N–H and O–H groups in total. The minimum Gasteiger partial charge on any atom is -0.370 e. The van der Waals surface area contributed by atoms with Gasteiger partial charge in [-0.05, 0) is 25.1 Å². The second-order valence-electron chi connectivity index (χ2n) is 7.52. The van der Waals surface area contributed by atoms with Gasteiger partial charge in [-0.3, -0.25) is 14.4 Å². The zero-order chi connectivity index (χ0) is 18.0. The van der Waals surface area contributed by atoms with E-state index in [-0.39, 0.29) is 11.5 Å². The first-order chi connectivity index (χ1) is 12.6. The average molecular weight is 354 g/mol. The number of rotatable bonds is 6. The average Bonchev–Trinajstić information content (AvgIpc) is 3.29. The van der Waals surface area contributed by atoms with Crippen LogP contribution in [0.1, 0.15) is 18.4 Å². The van der Waals surface area contributed by atoms with E-state index in [1.807, 2.05) is 23.2 Å². The largest absolute Gasteiger partial charge is 0.370 e. The van der Waals surface area contributed by atoms with Crippen LogP contribution in [0.2, 0.25) is 0 Å². The second-order valence-corrected chi connectivity index (χ2v) is 7.52. The number of benzene rings is 1. The monoisotopic (exact) mass is 354 g/mol. The molecule has 0 saturated carbocycles. The summed E-state index contributed by atoms with van der Waals surface area (Å²) >= 11 is 0. The molecule has 1 spiro atoms. The molecule has 138 valence electrons. The lowest BCUT2D eigenvalue weighted by Gasteiger charge is -2.47. The third-order valence-corrected chi connectivity index (χ3v) is 5.51. The Morgan fingerprint density at radius 3 is 2.85 bits per heavy atom. The highest BCUT2D eigenvalue weighted by atomic mass is 16.5. The zero-order valence-electron chi connectivity index (χ0n) is 15.3. The molecular weight excluding hydrogens is 328 g/mol. The van der Waals surface area contributed by atoms with Crippen LogP contribution in [0.4, 0.5) is 0 Å². The van der Waals surface area contributed by atoms with Crippen molar-refractivity contribution >= 4 is 5.91 Å². The van der Waals surface area contributed by atoms with Gasteiger partial charge in [0, 0.05) is 37.9 Å². The lowest BCUT2D eigenvalue weighted by atomic mass is 9.88. The van der Waals surface area contributed by atoms with Crippen LogP contribution in [-0.4, -0.2) is 63.9 Å². The first-order valence-corrected chi connectivity index (χ1v) is 9.27. The minimum absolute atomic E-state index is 0.128. The Labute approximate surface area is 154 Å². The number of carbonyl (C=O) groups is 1. The number of aryl methyl sites for hydroxylation is 1. The summed E-state index contributed by atoms with van der Waals surface area (Å²) in [5.74, 6) is 0.191. The molecule has 3 heterocycles. The molecular formula is C20H26N4O2. The number of likely N-dealkylation sites (N-methyl/N-ethyl adjacent to an activating group) is 1. The fourth-order valence-electron chi connectivity index (χ4n) is 3.95. The van der Waals surface area contributed by atoms with Crippen LogP contribution < -0.4 is 0 Å². The molecule has 2 fully saturated rings. The molecule has 1 aromatic heterocycles. The Balaban J connectivity index is 1.23. The Hall–Kier alpha value is -2.18. The summed E-state index contributed by atoms with van der Waals surface area (Å²) in [6.07, 6.45) is 5.12. The van der Waals surface area contributed by atoms with E-state index in [2.05, 4.69) is 41.3 Å². The highest BCUT2D eigenvalue weighted by Crippen LogP contribution is 2.37. The maximum Gasteiger partial charge on any atom is 0.224 e. The van der Waals surface area contributed by atoms with E-state index in [0.29, 0.717) is 19.0 Å². The third-order valence-electron chi connectivity index (χ3n) is 5.51. The normalized spacial score (nSPS) is 21.3. The quantitative estimate of drug-likeness (QED) is 0.793. The van der Waals surface area contributed by atoms with E-state index in [1.54, 1.807) is 10.9 Å². The van der Waals surface area contributed by atoms with Crippen molar-refractivity contribution in [2.24, 2.45) is 0 Å². The van der Waals surface area contributed by atoms with Crippen LogP contribution in [-0.2, 0) is 22.6 Å². The maximum absolute atomic E-state index is 12.3. The van der Waals surface area contributed by atoms with Gasteiger partial charge in [0.2, 0.25) is 5.91 Å². The smallest absolute Gasteiger partial charge is 0.224 e. The fourth-order valence-corrected chi connectivity index (χ4v) is 3.95. The highest BCUT2D eigenvalue weighted by molar-refractivity contribution is 5.77. The van der Waals surface area contributed by atoms with Crippen molar-refractivity contribution in [1.29, 1.82) is 0 Å². The van der Waals surface area contributed by atoms with Crippen LogP contribution >= 0.6 is 0 Å². The Morgan fingerprint density at radius 2 is 2.12 bits per heavy atom. The van der Waals surface area contributed by atoms with Gasteiger partial charge in [-0.1, -0.05) is 30.3 Å². The van der Waals surface area contributed by atoms with Gasteiger partial charge >= 0.3 is 0 Å². The SMILES string of the molecule is CN(Cc1ccccc1)C1COC2(C1)CN(C(=O)CCn1cccn1)C2. The van der Waals surface area contributed by atoms with Crippen molar-refractivity contribution in [2.75, 3.05) is 26.7 Å². The van der Waals surface area contributed by atoms with Gasteiger partial charge in [0.15, 0.2) is 0 Å². The first-order valence-electron chi connectivity index (χ1n) is 9.27. The summed E-state index contributed by atoms with van der Waals surface area (Å²) in [4.78, 5) is 16.6. The summed E-state index contributed by atoms with van der Waals surface area (Å²) in [7, 11) is 2.16. The molecule has 0 bridgehead atoms. The van der Waals surface area contributed by atoms with Gasteiger partial charge in [0.1, 0.15) is 5.60 Å². The van der Waals surface area contributed by atoms with Crippen LogP contribution in [0.25, 0.3) is 0 Å². The topological polar surface area (TPSA) is 50.6 Å². The van der Waals surface area contributed by atoms with Gasteiger partial charge in [0.05, 0.1) is 19.7 Å². The molecule has 1 atom stereocenters. The maximum atomic E-state index is 12.3. The summed E-state index contributed by atoms with van der Waals surface area (Å²) < 4.78 is 7.93. The second kappa shape index (κ2) is 7.21. The summed E-state index contributed by atoms with van der Waals surface area (Å²) in [5, 5.41) is 4.14. The van der Waals surface area contributed by atoms with Crippen molar-refractivity contribution in [2.45, 2.75) is 37.6 Å².